The van der Waals surface area contributed by atoms with E-state index in [4.69, 9.17) is 14.2 Å². The van der Waals surface area contributed by atoms with Gasteiger partial charge < -0.3 is 14.2 Å². The van der Waals surface area contributed by atoms with E-state index in [1.165, 1.54) is 109 Å². The van der Waals surface area contributed by atoms with Crippen molar-refractivity contribution in [2.24, 2.45) is 0 Å². The highest BCUT2D eigenvalue weighted by atomic mass is 16.6. The summed E-state index contributed by atoms with van der Waals surface area (Å²) in [5, 5.41) is 0. The zero-order valence-electron chi connectivity index (χ0n) is 42.9. The highest BCUT2D eigenvalue weighted by Crippen LogP contribution is 2.14. The SMILES string of the molecule is CC\C=C/C=C\C=C/C=C\C=C/CCCCCC(=O)OC(COC(=O)CCCCCCC/C=C\CCCCCCCCCCC)COC(=O)CCCCCCCC/C=C\C=C/CCCCC. The van der Waals surface area contributed by atoms with E-state index in [1.54, 1.807) is 0 Å². The van der Waals surface area contributed by atoms with Crippen LogP contribution < -0.4 is 0 Å². The number of rotatable bonds is 48. The lowest BCUT2D eigenvalue weighted by Crippen LogP contribution is -2.30. The van der Waals surface area contributed by atoms with E-state index in [0.717, 1.165) is 89.9 Å². The molecule has 0 N–H and O–H groups in total. The first kappa shape index (κ1) is 62.3. The molecule has 0 aliphatic rings. The molecule has 1 unspecified atom stereocenters. The second-order valence-electron chi connectivity index (χ2n) is 17.9. The molecule has 0 fully saturated rings. The number of esters is 3. The van der Waals surface area contributed by atoms with Crippen LogP contribution in [0.4, 0.5) is 0 Å². The molecule has 0 bridgehead atoms. The van der Waals surface area contributed by atoms with Crippen LogP contribution in [-0.4, -0.2) is 37.2 Å². The maximum atomic E-state index is 12.8. The Hall–Kier alpha value is -3.67. The molecule has 0 spiro atoms. The number of carbonyl (C=O) groups is 3. The molecule has 0 saturated heterocycles. The molecule has 376 valence electrons. The fourth-order valence-electron chi connectivity index (χ4n) is 7.33. The highest BCUT2D eigenvalue weighted by molar-refractivity contribution is 5.71. The van der Waals surface area contributed by atoms with Gasteiger partial charge in [0, 0.05) is 19.3 Å². The topological polar surface area (TPSA) is 78.9 Å². The van der Waals surface area contributed by atoms with Crippen molar-refractivity contribution in [3.05, 3.63) is 97.2 Å². The number of hydrogen-bond donors (Lipinski definition) is 0. The second kappa shape index (κ2) is 53.9. The van der Waals surface area contributed by atoms with Gasteiger partial charge in [-0.1, -0.05) is 234 Å². The van der Waals surface area contributed by atoms with Crippen molar-refractivity contribution in [2.45, 2.75) is 252 Å². The first-order valence-electron chi connectivity index (χ1n) is 27.3. The molecule has 0 rings (SSSR count). The summed E-state index contributed by atoms with van der Waals surface area (Å²) in [4.78, 5) is 38.1. The predicted molar refractivity (Wildman–Crippen MR) is 284 cm³/mol. The lowest BCUT2D eigenvalue weighted by Gasteiger charge is -2.18. The smallest absolute Gasteiger partial charge is 0.306 e. The summed E-state index contributed by atoms with van der Waals surface area (Å²) < 4.78 is 16.8. The van der Waals surface area contributed by atoms with Crippen LogP contribution in [0.1, 0.15) is 245 Å². The molecular weight excluding hydrogens is 817 g/mol. The first-order chi connectivity index (χ1) is 32.5. The number of carbonyl (C=O) groups excluding carboxylic acids is 3. The molecule has 0 amide bonds. The second-order valence-corrected chi connectivity index (χ2v) is 17.9. The molecular formula is C60H100O6. The largest absolute Gasteiger partial charge is 0.462 e. The van der Waals surface area contributed by atoms with Gasteiger partial charge in [0.1, 0.15) is 13.2 Å². The molecule has 1 atom stereocenters. The molecule has 0 aromatic carbocycles. The van der Waals surface area contributed by atoms with Gasteiger partial charge in [-0.2, -0.15) is 0 Å². The summed E-state index contributed by atoms with van der Waals surface area (Å²) in [7, 11) is 0. The monoisotopic (exact) mass is 917 g/mol. The van der Waals surface area contributed by atoms with Crippen molar-refractivity contribution in [3.63, 3.8) is 0 Å². The van der Waals surface area contributed by atoms with Gasteiger partial charge in [0.15, 0.2) is 6.10 Å². The summed E-state index contributed by atoms with van der Waals surface area (Å²) in [5.41, 5.74) is 0. The molecule has 66 heavy (non-hydrogen) atoms. The van der Waals surface area contributed by atoms with Gasteiger partial charge in [-0.05, 0) is 89.9 Å². The van der Waals surface area contributed by atoms with Crippen molar-refractivity contribution in [1.29, 1.82) is 0 Å². The van der Waals surface area contributed by atoms with E-state index in [2.05, 4.69) is 69.4 Å². The Bertz CT molecular complexity index is 1330. The van der Waals surface area contributed by atoms with Crippen LogP contribution >= 0.6 is 0 Å². The lowest BCUT2D eigenvalue weighted by molar-refractivity contribution is -0.167. The maximum Gasteiger partial charge on any atom is 0.306 e. The maximum absolute atomic E-state index is 12.8. The Kier molecular flexibility index (Phi) is 50.9. The lowest BCUT2D eigenvalue weighted by atomic mass is 10.1. The molecule has 0 radical (unpaired) electrons. The van der Waals surface area contributed by atoms with Crippen LogP contribution in [0.25, 0.3) is 0 Å². The van der Waals surface area contributed by atoms with Crippen molar-refractivity contribution in [2.75, 3.05) is 13.2 Å². The number of ether oxygens (including phenoxy) is 3. The van der Waals surface area contributed by atoms with Crippen molar-refractivity contribution in [3.8, 4) is 0 Å². The van der Waals surface area contributed by atoms with E-state index in [9.17, 15) is 14.4 Å². The third-order valence-corrected chi connectivity index (χ3v) is 11.4. The molecule has 0 saturated carbocycles. The molecule has 6 heteroatoms. The fourth-order valence-corrected chi connectivity index (χ4v) is 7.33. The molecule has 0 aromatic heterocycles. The normalized spacial score (nSPS) is 12.8. The zero-order valence-corrected chi connectivity index (χ0v) is 42.9. The quantitative estimate of drug-likeness (QED) is 0.0199. The van der Waals surface area contributed by atoms with Crippen LogP contribution in [-0.2, 0) is 28.6 Å². The minimum absolute atomic E-state index is 0.104. The Morgan fingerprint density at radius 2 is 0.606 bits per heavy atom. The van der Waals surface area contributed by atoms with Crippen molar-refractivity contribution >= 4 is 17.9 Å². The molecule has 0 heterocycles. The number of hydrogen-bond acceptors (Lipinski definition) is 6. The van der Waals surface area contributed by atoms with E-state index < -0.39 is 6.10 Å². The van der Waals surface area contributed by atoms with Crippen LogP contribution in [0.2, 0.25) is 0 Å². The summed E-state index contributed by atoms with van der Waals surface area (Å²) in [6, 6.07) is 0. The molecule has 0 aliphatic carbocycles. The van der Waals surface area contributed by atoms with Gasteiger partial charge in [-0.15, -0.1) is 0 Å². The summed E-state index contributed by atoms with van der Waals surface area (Å²) in [5.74, 6) is -0.965. The van der Waals surface area contributed by atoms with Crippen molar-refractivity contribution in [1.82, 2.24) is 0 Å². The molecule has 0 aromatic rings. The van der Waals surface area contributed by atoms with Crippen LogP contribution in [0.5, 0.6) is 0 Å². The standard InChI is InChI=1S/C60H100O6/c1-4-7-10-13-16-19-22-25-28-29-30-33-35-38-41-44-47-50-53-59(62)65-56-57(66-60(63)54-51-48-45-42-39-36-32-27-24-21-18-15-12-9-6-3)55-64-58(61)52-49-46-43-40-37-34-31-26-23-20-17-14-11-8-5-2/h9,12,15,17-18,20-21,23-24,26-27,30,32-33,36,39,57H,4-8,10-11,13-14,16,19,22,25,28-29,31,34-35,37-38,40-56H2,1-3H3/b12-9-,18-15-,20-17-,24-21-,26-23-,32-27-,33-30-,39-36-. The predicted octanol–water partition coefficient (Wildman–Crippen LogP) is 18.1. The third kappa shape index (κ3) is 51.3. The van der Waals surface area contributed by atoms with Gasteiger partial charge in [-0.3, -0.25) is 14.4 Å². The first-order valence-corrected chi connectivity index (χ1v) is 27.3. The van der Waals surface area contributed by atoms with E-state index in [0.29, 0.717) is 19.3 Å². The minimum Gasteiger partial charge on any atom is -0.462 e. The van der Waals surface area contributed by atoms with E-state index >= 15 is 0 Å². The van der Waals surface area contributed by atoms with Crippen LogP contribution in [0.15, 0.2) is 97.2 Å². The summed E-state index contributed by atoms with van der Waals surface area (Å²) in [6.45, 7) is 6.41. The zero-order chi connectivity index (χ0) is 47.9. The van der Waals surface area contributed by atoms with Gasteiger partial charge in [0.25, 0.3) is 0 Å². The summed E-state index contributed by atoms with van der Waals surface area (Å²) in [6.07, 6.45) is 71.0. The molecule has 0 aliphatic heterocycles. The summed E-state index contributed by atoms with van der Waals surface area (Å²) >= 11 is 0. The van der Waals surface area contributed by atoms with Crippen LogP contribution in [0, 0.1) is 0 Å². The number of allylic oxidation sites excluding steroid dienone is 16. The Balaban J connectivity index is 4.48. The average Bonchev–Trinajstić information content (AvgIpc) is 3.31. The average molecular weight is 917 g/mol. The van der Waals surface area contributed by atoms with Gasteiger partial charge in [0.2, 0.25) is 0 Å². The van der Waals surface area contributed by atoms with E-state index in [1.807, 2.05) is 48.6 Å². The Labute approximate surface area is 407 Å². The Morgan fingerprint density at radius 1 is 0.318 bits per heavy atom. The van der Waals surface area contributed by atoms with E-state index in [-0.39, 0.29) is 37.5 Å². The number of unbranched alkanes of at least 4 members (excludes halogenated alkanes) is 26. The molecule has 6 nitrogen and oxygen atoms in total. The highest BCUT2D eigenvalue weighted by Gasteiger charge is 2.19. The van der Waals surface area contributed by atoms with Gasteiger partial charge in [-0.25, -0.2) is 0 Å². The minimum atomic E-state index is -0.809. The van der Waals surface area contributed by atoms with Crippen molar-refractivity contribution < 1.29 is 28.6 Å². The van der Waals surface area contributed by atoms with Crippen LogP contribution in [0.3, 0.4) is 0 Å². The van der Waals surface area contributed by atoms with Gasteiger partial charge >= 0.3 is 17.9 Å². The third-order valence-electron chi connectivity index (χ3n) is 11.4. The van der Waals surface area contributed by atoms with Gasteiger partial charge in [0.05, 0.1) is 0 Å². The Morgan fingerprint density at radius 3 is 1.03 bits per heavy atom. The fraction of sp³-hybridized carbons (Fsp3) is 0.683.